The summed E-state index contributed by atoms with van der Waals surface area (Å²) < 4.78 is 5.44. The molecule has 40 heavy (non-hydrogen) atoms. The molecule has 3 aromatic rings. The molecule has 0 aliphatic carbocycles. The third-order valence-corrected chi connectivity index (χ3v) is 7.54. The Morgan fingerprint density at radius 1 is 0.950 bits per heavy atom. The van der Waals surface area contributed by atoms with Crippen molar-refractivity contribution in [3.05, 3.63) is 100 Å². The van der Waals surface area contributed by atoms with Crippen LogP contribution in [0.1, 0.15) is 27.0 Å². The number of carbonyl (C=O) groups is 2. The zero-order valence-corrected chi connectivity index (χ0v) is 24.2. The van der Waals surface area contributed by atoms with Crippen molar-refractivity contribution in [3.63, 3.8) is 0 Å². The molecular formula is C32H37ClN4O3. The minimum Gasteiger partial charge on any atom is -0.496 e. The fourth-order valence-electron chi connectivity index (χ4n) is 4.83. The van der Waals surface area contributed by atoms with Gasteiger partial charge in [0.25, 0.3) is 5.91 Å². The van der Waals surface area contributed by atoms with Crippen LogP contribution in [0.2, 0.25) is 5.02 Å². The van der Waals surface area contributed by atoms with E-state index in [0.717, 1.165) is 41.2 Å². The van der Waals surface area contributed by atoms with Crippen LogP contribution in [0.15, 0.2) is 72.8 Å². The zero-order chi connectivity index (χ0) is 28.5. The number of urea groups is 1. The van der Waals surface area contributed by atoms with E-state index in [1.54, 1.807) is 19.2 Å². The number of piperazine rings is 1. The summed E-state index contributed by atoms with van der Waals surface area (Å²) in [4.78, 5) is 32.4. The normalized spacial score (nSPS) is 13.8. The zero-order valence-electron chi connectivity index (χ0n) is 23.4. The maximum absolute atomic E-state index is 13.5. The Labute approximate surface area is 242 Å². The highest BCUT2D eigenvalue weighted by Crippen LogP contribution is 2.21. The van der Waals surface area contributed by atoms with Crippen molar-refractivity contribution in [3.8, 4) is 5.75 Å². The van der Waals surface area contributed by atoms with Gasteiger partial charge in [0.05, 0.1) is 17.7 Å². The van der Waals surface area contributed by atoms with Crippen LogP contribution in [0.25, 0.3) is 6.08 Å². The summed E-state index contributed by atoms with van der Waals surface area (Å²) >= 11 is 6.37. The lowest BCUT2D eigenvalue weighted by Crippen LogP contribution is -2.51. The second kappa shape index (κ2) is 14.0. The summed E-state index contributed by atoms with van der Waals surface area (Å²) in [7, 11) is 1.65. The topological polar surface area (TPSA) is 65.1 Å². The Hall–Kier alpha value is -3.81. The van der Waals surface area contributed by atoms with Gasteiger partial charge in [0.1, 0.15) is 5.75 Å². The van der Waals surface area contributed by atoms with Crippen LogP contribution in [-0.4, -0.2) is 79.6 Å². The first-order chi connectivity index (χ1) is 19.4. The largest absolute Gasteiger partial charge is 0.496 e. The van der Waals surface area contributed by atoms with Crippen LogP contribution >= 0.6 is 11.6 Å². The van der Waals surface area contributed by atoms with Crippen molar-refractivity contribution >= 4 is 35.3 Å². The summed E-state index contributed by atoms with van der Waals surface area (Å²) in [5.41, 5.74) is 4.42. The maximum atomic E-state index is 13.5. The van der Waals surface area contributed by atoms with Crippen molar-refractivity contribution in [2.45, 2.75) is 13.8 Å². The third kappa shape index (κ3) is 7.43. The second-order valence-corrected chi connectivity index (χ2v) is 10.3. The molecule has 0 aromatic heterocycles. The Morgan fingerprint density at radius 3 is 2.33 bits per heavy atom. The first kappa shape index (κ1) is 29.2. The lowest BCUT2D eigenvalue weighted by atomic mass is 10.1. The fourth-order valence-corrected chi connectivity index (χ4v) is 5.04. The fraction of sp³-hybridized carbons (Fsp3) is 0.312. The average molecular weight is 561 g/mol. The first-order valence-electron chi connectivity index (χ1n) is 13.5. The molecule has 1 saturated heterocycles. The van der Waals surface area contributed by atoms with Crippen molar-refractivity contribution in [1.82, 2.24) is 14.7 Å². The molecule has 1 fully saturated rings. The average Bonchev–Trinajstić information content (AvgIpc) is 2.97. The van der Waals surface area contributed by atoms with Crippen molar-refractivity contribution in [1.29, 1.82) is 0 Å². The summed E-state index contributed by atoms with van der Waals surface area (Å²) in [6, 6.07) is 20.8. The molecule has 0 atom stereocenters. The molecule has 7 nitrogen and oxygen atoms in total. The quantitative estimate of drug-likeness (QED) is 0.350. The molecule has 4 rings (SSSR count). The molecule has 0 bridgehead atoms. The van der Waals surface area contributed by atoms with Gasteiger partial charge in [-0.25, -0.2) is 4.79 Å². The molecular weight excluding hydrogens is 524 g/mol. The van der Waals surface area contributed by atoms with Crippen LogP contribution in [0.4, 0.5) is 10.5 Å². The van der Waals surface area contributed by atoms with Gasteiger partial charge >= 0.3 is 6.03 Å². The van der Waals surface area contributed by atoms with Gasteiger partial charge in [0.2, 0.25) is 0 Å². The van der Waals surface area contributed by atoms with E-state index in [9.17, 15) is 9.59 Å². The Morgan fingerprint density at radius 2 is 1.62 bits per heavy atom. The molecule has 3 amide bonds. The predicted octanol–water partition coefficient (Wildman–Crippen LogP) is 5.97. The highest BCUT2D eigenvalue weighted by molar-refractivity contribution is 6.33. The van der Waals surface area contributed by atoms with Gasteiger partial charge < -0.3 is 19.9 Å². The number of hydrogen-bond acceptors (Lipinski definition) is 4. The molecule has 0 unspecified atom stereocenters. The minimum absolute atomic E-state index is 0.0750. The predicted molar refractivity (Wildman–Crippen MR) is 162 cm³/mol. The number of benzene rings is 3. The highest BCUT2D eigenvalue weighted by atomic mass is 35.5. The lowest BCUT2D eigenvalue weighted by molar-refractivity contribution is 0.0739. The smallest absolute Gasteiger partial charge is 0.321 e. The number of nitrogens with one attached hydrogen (secondary N) is 1. The second-order valence-electron chi connectivity index (χ2n) is 9.90. The summed E-state index contributed by atoms with van der Waals surface area (Å²) in [5, 5.41) is 3.52. The number of carbonyl (C=O) groups excluding carboxylic acids is 2. The van der Waals surface area contributed by atoms with Crippen molar-refractivity contribution < 1.29 is 14.3 Å². The van der Waals surface area contributed by atoms with Gasteiger partial charge in [0, 0.05) is 57.1 Å². The summed E-state index contributed by atoms with van der Waals surface area (Å²) in [6.45, 7) is 8.41. The first-order valence-corrected chi connectivity index (χ1v) is 13.9. The minimum atomic E-state index is -0.109. The van der Waals surface area contributed by atoms with E-state index < -0.39 is 0 Å². The van der Waals surface area contributed by atoms with E-state index in [1.807, 2.05) is 90.4 Å². The molecule has 0 radical (unpaired) electrons. The molecule has 210 valence electrons. The monoisotopic (exact) mass is 560 g/mol. The van der Waals surface area contributed by atoms with Gasteiger partial charge in [0.15, 0.2) is 0 Å². The van der Waals surface area contributed by atoms with Gasteiger partial charge in [-0.05, 0) is 43.2 Å². The number of nitrogens with zero attached hydrogens (tertiary/aromatic N) is 3. The molecule has 8 heteroatoms. The van der Waals surface area contributed by atoms with Gasteiger partial charge in [-0.15, -0.1) is 0 Å². The van der Waals surface area contributed by atoms with Crippen LogP contribution in [-0.2, 0) is 0 Å². The van der Waals surface area contributed by atoms with E-state index >= 15 is 0 Å². The van der Waals surface area contributed by atoms with E-state index in [-0.39, 0.29) is 11.9 Å². The number of rotatable bonds is 9. The van der Waals surface area contributed by atoms with Gasteiger partial charge in [-0.3, -0.25) is 9.69 Å². The van der Waals surface area contributed by atoms with Crippen molar-refractivity contribution in [2.75, 3.05) is 58.2 Å². The van der Waals surface area contributed by atoms with Crippen LogP contribution in [0, 0.1) is 13.8 Å². The highest BCUT2D eigenvalue weighted by Gasteiger charge is 2.23. The van der Waals surface area contributed by atoms with Crippen LogP contribution in [0.3, 0.4) is 0 Å². The lowest BCUT2D eigenvalue weighted by Gasteiger charge is -2.36. The standard InChI is InChI=1S/C32H37ClN4O3/c1-24-10-8-11-25(2)30(24)34-32(39)37-22-19-35(20-23-37)18-21-36(31(38)27-14-5-6-15-28(27)33)17-9-13-26-12-4-7-16-29(26)40-3/h4-16H,17-23H2,1-3H3,(H,34,39)/b13-9+. The third-order valence-electron chi connectivity index (χ3n) is 7.21. The number of halogens is 1. The molecule has 0 spiro atoms. The van der Waals surface area contributed by atoms with Crippen LogP contribution < -0.4 is 10.1 Å². The molecule has 1 heterocycles. The van der Waals surface area contributed by atoms with Crippen LogP contribution in [0.5, 0.6) is 5.75 Å². The summed E-state index contributed by atoms with van der Waals surface area (Å²) in [5.74, 6) is 0.670. The Bertz CT molecular complexity index is 1330. The number of hydrogen-bond donors (Lipinski definition) is 1. The molecule has 0 saturated carbocycles. The van der Waals surface area contributed by atoms with Crippen molar-refractivity contribution in [2.24, 2.45) is 0 Å². The Balaban J connectivity index is 1.36. The Kier molecular flexibility index (Phi) is 10.2. The number of anilines is 1. The molecule has 1 N–H and O–H groups in total. The number of aryl methyl sites for hydroxylation is 2. The SMILES string of the molecule is COc1ccccc1/C=C/CN(CCN1CCN(C(=O)Nc2c(C)cccc2C)CC1)C(=O)c1ccccc1Cl. The number of para-hydroxylation sites is 2. The van der Waals surface area contributed by atoms with Gasteiger partial charge in [-0.1, -0.05) is 72.3 Å². The van der Waals surface area contributed by atoms with E-state index in [0.29, 0.717) is 43.3 Å². The van der Waals surface area contributed by atoms with E-state index in [4.69, 9.17) is 16.3 Å². The summed E-state index contributed by atoms with van der Waals surface area (Å²) in [6.07, 6.45) is 3.95. The van der Waals surface area contributed by atoms with E-state index in [1.165, 1.54) is 0 Å². The number of ether oxygens (including phenoxy) is 1. The maximum Gasteiger partial charge on any atom is 0.321 e. The van der Waals surface area contributed by atoms with Gasteiger partial charge in [-0.2, -0.15) is 0 Å². The molecule has 1 aliphatic heterocycles. The molecule has 3 aromatic carbocycles. The number of amides is 3. The molecule has 1 aliphatic rings. The number of methoxy groups -OCH3 is 1. The van der Waals surface area contributed by atoms with E-state index in [2.05, 4.69) is 10.2 Å².